The Bertz CT molecular complexity index is 2060. The van der Waals surface area contributed by atoms with Crippen molar-refractivity contribution in [2.75, 3.05) is 30.9 Å². The first-order valence-electron chi connectivity index (χ1n) is 16.8. The SMILES string of the molecule is COCCN(Cc1cccc(-c2cc3nccc(Oc4ccc(NC(=O)C5(C)CC5)cc4F)c3s2)n1)C(=O)OC(C)(C)C.O=CNc1ccc(F)cc1. The summed E-state index contributed by atoms with van der Waals surface area (Å²) in [5.41, 5.74) is 2.07. The van der Waals surface area contributed by atoms with Crippen LogP contribution in [0.2, 0.25) is 0 Å². The Labute approximate surface area is 310 Å². The highest BCUT2D eigenvalue weighted by Crippen LogP contribution is 2.46. The van der Waals surface area contributed by atoms with Crippen LogP contribution in [0.25, 0.3) is 20.8 Å². The zero-order valence-corrected chi connectivity index (χ0v) is 30.9. The number of anilines is 2. The number of hydrogen-bond acceptors (Lipinski definition) is 9. The topological polar surface area (TPSA) is 132 Å². The minimum Gasteiger partial charge on any atom is -0.453 e. The summed E-state index contributed by atoms with van der Waals surface area (Å²) in [6, 6.07) is 19.2. The van der Waals surface area contributed by atoms with Crippen LogP contribution in [0.3, 0.4) is 0 Å². The number of amides is 3. The molecule has 3 aromatic heterocycles. The molecule has 0 spiro atoms. The third-order valence-corrected chi connectivity index (χ3v) is 9.19. The fourth-order valence-electron chi connectivity index (χ4n) is 4.88. The summed E-state index contributed by atoms with van der Waals surface area (Å²) in [5, 5.41) is 5.17. The normalized spacial score (nSPS) is 13.0. The lowest BCUT2D eigenvalue weighted by molar-refractivity contribution is -0.120. The molecule has 0 unspecified atom stereocenters. The van der Waals surface area contributed by atoms with Crippen LogP contribution in [0.5, 0.6) is 11.5 Å². The van der Waals surface area contributed by atoms with Gasteiger partial charge in [-0.1, -0.05) is 13.0 Å². The zero-order chi connectivity index (χ0) is 38.2. The monoisotopic (exact) mass is 745 g/mol. The number of fused-ring (bicyclic) bond motifs is 1. The average Bonchev–Trinajstić information content (AvgIpc) is 3.72. The van der Waals surface area contributed by atoms with Crippen molar-refractivity contribution < 1.29 is 37.4 Å². The van der Waals surface area contributed by atoms with Crippen molar-refractivity contribution in [2.24, 2.45) is 5.41 Å². The van der Waals surface area contributed by atoms with E-state index in [0.717, 1.165) is 22.4 Å². The summed E-state index contributed by atoms with van der Waals surface area (Å²) in [7, 11) is 1.58. The number of rotatable bonds is 12. The Morgan fingerprint density at radius 1 is 1.00 bits per heavy atom. The number of hydrogen-bond donors (Lipinski definition) is 2. The summed E-state index contributed by atoms with van der Waals surface area (Å²) in [5.74, 6) is -0.507. The molecule has 1 aliphatic carbocycles. The van der Waals surface area contributed by atoms with Crippen LogP contribution in [0.4, 0.5) is 25.0 Å². The number of thiophene rings is 1. The van der Waals surface area contributed by atoms with E-state index >= 15 is 0 Å². The van der Waals surface area contributed by atoms with Crippen molar-refractivity contribution in [3.63, 3.8) is 0 Å². The lowest BCUT2D eigenvalue weighted by atomic mass is 10.1. The second kappa shape index (κ2) is 16.9. The lowest BCUT2D eigenvalue weighted by Crippen LogP contribution is -2.38. The summed E-state index contributed by atoms with van der Waals surface area (Å²) >= 11 is 1.42. The summed E-state index contributed by atoms with van der Waals surface area (Å²) in [6.07, 6.45) is 3.39. The number of ether oxygens (including phenoxy) is 3. The summed E-state index contributed by atoms with van der Waals surface area (Å²) in [4.78, 5) is 46.7. The van der Waals surface area contributed by atoms with Gasteiger partial charge < -0.3 is 24.8 Å². The molecule has 53 heavy (non-hydrogen) atoms. The molecule has 0 aliphatic heterocycles. The fraction of sp³-hybridized carbons (Fsp3) is 0.308. The number of carbonyl (C=O) groups is 3. The summed E-state index contributed by atoms with van der Waals surface area (Å²) < 4.78 is 44.7. The highest BCUT2D eigenvalue weighted by Gasteiger charge is 2.44. The van der Waals surface area contributed by atoms with Crippen LogP contribution >= 0.6 is 11.3 Å². The van der Waals surface area contributed by atoms with E-state index in [0.29, 0.717) is 53.6 Å². The predicted molar refractivity (Wildman–Crippen MR) is 200 cm³/mol. The largest absolute Gasteiger partial charge is 0.453 e. The van der Waals surface area contributed by atoms with Gasteiger partial charge in [-0.2, -0.15) is 0 Å². The predicted octanol–water partition coefficient (Wildman–Crippen LogP) is 8.81. The van der Waals surface area contributed by atoms with Crippen molar-refractivity contribution in [3.05, 3.63) is 96.3 Å². The van der Waals surface area contributed by atoms with Gasteiger partial charge in [-0.05, 0) is 88.2 Å². The van der Waals surface area contributed by atoms with Crippen molar-refractivity contribution in [1.29, 1.82) is 0 Å². The molecule has 1 saturated carbocycles. The van der Waals surface area contributed by atoms with Gasteiger partial charge >= 0.3 is 6.09 Å². The van der Waals surface area contributed by atoms with E-state index in [9.17, 15) is 23.2 Å². The highest BCUT2D eigenvalue weighted by atomic mass is 32.1. The quantitative estimate of drug-likeness (QED) is 0.121. The maximum atomic E-state index is 15.0. The van der Waals surface area contributed by atoms with Gasteiger partial charge in [-0.3, -0.25) is 24.5 Å². The van der Waals surface area contributed by atoms with E-state index in [1.165, 1.54) is 47.7 Å². The van der Waals surface area contributed by atoms with Crippen LogP contribution in [0.15, 0.2) is 79.0 Å². The number of methoxy groups -OCH3 is 1. The Morgan fingerprint density at radius 2 is 1.74 bits per heavy atom. The molecule has 0 bridgehead atoms. The van der Waals surface area contributed by atoms with E-state index < -0.39 is 17.5 Å². The molecule has 3 heterocycles. The Morgan fingerprint density at radius 3 is 2.40 bits per heavy atom. The number of nitrogens with zero attached hydrogens (tertiary/aromatic N) is 3. The van der Waals surface area contributed by atoms with Crippen molar-refractivity contribution >= 4 is 51.3 Å². The molecule has 2 aromatic carbocycles. The number of benzene rings is 2. The van der Waals surface area contributed by atoms with E-state index in [-0.39, 0.29) is 29.4 Å². The Balaban J connectivity index is 0.000000469. The number of pyridine rings is 2. The van der Waals surface area contributed by atoms with Gasteiger partial charge in [0.05, 0.1) is 39.6 Å². The van der Waals surface area contributed by atoms with E-state index in [4.69, 9.17) is 19.2 Å². The average molecular weight is 746 g/mol. The molecule has 11 nitrogen and oxygen atoms in total. The highest BCUT2D eigenvalue weighted by molar-refractivity contribution is 7.22. The minimum absolute atomic E-state index is 0.0384. The first-order valence-corrected chi connectivity index (χ1v) is 17.6. The number of aromatic nitrogens is 2. The van der Waals surface area contributed by atoms with Gasteiger partial charge in [0.25, 0.3) is 0 Å². The molecule has 0 atom stereocenters. The minimum atomic E-state index is -0.628. The van der Waals surface area contributed by atoms with E-state index in [1.807, 2.05) is 52.0 Å². The van der Waals surface area contributed by atoms with Crippen LogP contribution in [-0.4, -0.2) is 59.1 Å². The third kappa shape index (κ3) is 10.8. The number of nitrogens with one attached hydrogen (secondary N) is 2. The van der Waals surface area contributed by atoms with Gasteiger partial charge in [0.1, 0.15) is 17.2 Å². The molecule has 3 amide bonds. The van der Waals surface area contributed by atoms with Gasteiger partial charge in [-0.15, -0.1) is 11.3 Å². The van der Waals surface area contributed by atoms with Crippen molar-refractivity contribution in [3.8, 4) is 22.1 Å². The lowest BCUT2D eigenvalue weighted by Gasteiger charge is -2.27. The maximum absolute atomic E-state index is 15.0. The fourth-order valence-corrected chi connectivity index (χ4v) is 5.91. The van der Waals surface area contributed by atoms with Crippen molar-refractivity contribution in [1.82, 2.24) is 14.9 Å². The smallest absolute Gasteiger partial charge is 0.410 e. The van der Waals surface area contributed by atoms with Crippen LogP contribution in [0, 0.1) is 17.0 Å². The van der Waals surface area contributed by atoms with Crippen LogP contribution in [0.1, 0.15) is 46.2 Å². The van der Waals surface area contributed by atoms with E-state index in [2.05, 4.69) is 15.6 Å². The second-order valence-electron chi connectivity index (χ2n) is 13.6. The van der Waals surface area contributed by atoms with Gasteiger partial charge in [0.15, 0.2) is 11.6 Å². The first kappa shape index (κ1) is 38.8. The molecule has 6 rings (SSSR count). The molecule has 1 aliphatic rings. The second-order valence-corrected chi connectivity index (χ2v) is 14.6. The molecular formula is C39H41F2N5O6S. The zero-order valence-electron chi connectivity index (χ0n) is 30.1. The number of halogens is 2. The van der Waals surface area contributed by atoms with Crippen molar-refractivity contribution in [2.45, 2.75) is 52.7 Å². The molecule has 0 radical (unpaired) electrons. The molecule has 14 heteroatoms. The van der Waals surface area contributed by atoms with Crippen LogP contribution < -0.4 is 15.4 Å². The molecule has 5 aromatic rings. The summed E-state index contributed by atoms with van der Waals surface area (Å²) in [6.45, 7) is 8.34. The Hall–Kier alpha value is -5.47. The molecule has 0 saturated heterocycles. The van der Waals surface area contributed by atoms with Gasteiger partial charge in [-0.25, -0.2) is 13.6 Å². The molecule has 1 fully saturated rings. The Kier molecular flexibility index (Phi) is 12.4. The standard InChI is InChI=1S/C32H35FN4O5S.C7H6FNO/c1-31(2,3)42-30(39)37(15-16-40-5)19-21-7-6-8-23(35-21)27-18-24-28(43-27)26(11-14-34-24)41-25-10-9-20(17-22(25)33)36-29(38)32(4)12-13-32;8-6-1-3-7(4-2-6)9-5-10/h6-11,14,17-18H,12-13,15-16,19H2,1-5H3,(H,36,38);1-5H,(H,9,10). The third-order valence-electron chi connectivity index (χ3n) is 8.03. The van der Waals surface area contributed by atoms with Gasteiger partial charge in [0.2, 0.25) is 12.3 Å². The number of carbonyl (C=O) groups excluding carboxylic acids is 3. The molecular weight excluding hydrogens is 705 g/mol. The van der Waals surface area contributed by atoms with Crippen LogP contribution in [-0.2, 0) is 25.6 Å². The van der Waals surface area contributed by atoms with Gasteiger partial charge in [0, 0.05) is 48.8 Å². The molecule has 2 N–H and O–H groups in total. The van der Waals surface area contributed by atoms with E-state index in [1.54, 1.807) is 30.3 Å². The maximum Gasteiger partial charge on any atom is 0.410 e. The molecule has 278 valence electrons. The first-order chi connectivity index (χ1) is 25.3.